The molecule has 0 atom stereocenters. The van der Waals surface area contributed by atoms with Crippen LogP contribution in [-0.4, -0.2) is 39.0 Å². The van der Waals surface area contributed by atoms with Crippen molar-refractivity contribution in [1.82, 2.24) is 25.2 Å². The Balaban J connectivity index is 1.48. The topological polar surface area (TPSA) is 109 Å². The van der Waals surface area contributed by atoms with Crippen molar-refractivity contribution in [2.75, 3.05) is 12.4 Å². The number of aryl methyl sites for hydroxylation is 1. The lowest BCUT2D eigenvalue weighted by atomic mass is 10.4. The summed E-state index contributed by atoms with van der Waals surface area (Å²) in [6.45, 7) is 2.29. The first kappa shape index (κ1) is 21.0. The second-order valence-electron chi connectivity index (χ2n) is 5.83. The minimum absolute atomic E-state index is 0.161. The van der Waals surface area contributed by atoms with Crippen LogP contribution in [0.5, 0.6) is 5.88 Å². The molecule has 29 heavy (non-hydrogen) atoms. The Labute approximate surface area is 179 Å². The van der Waals surface area contributed by atoms with Crippen LogP contribution in [0.3, 0.4) is 0 Å². The SMILES string of the molecule is Cc1nccnc1OC(=O)N(C)Cc1csc(NC(=O)NCc2ccc(Cl)s2)n1. The van der Waals surface area contributed by atoms with Gasteiger partial charge in [0, 0.05) is 29.7 Å². The van der Waals surface area contributed by atoms with Crippen molar-refractivity contribution in [3.05, 3.63) is 50.5 Å². The highest BCUT2D eigenvalue weighted by Crippen LogP contribution is 2.21. The molecule has 0 fully saturated rings. The summed E-state index contributed by atoms with van der Waals surface area (Å²) >= 11 is 8.53. The number of thiophene rings is 1. The van der Waals surface area contributed by atoms with Crippen LogP contribution in [0.2, 0.25) is 4.34 Å². The first-order valence-corrected chi connectivity index (χ1v) is 10.4. The first-order chi connectivity index (χ1) is 13.9. The largest absolute Gasteiger partial charge is 0.416 e. The standard InChI is InChI=1S/C17H17ClN6O3S2/c1-10-14(20-6-5-19-10)27-17(26)24(2)8-11-9-28-16(22-11)23-15(25)21-7-12-3-4-13(18)29-12/h3-6,9H,7-8H2,1-2H3,(H2,21,22,23,25). The highest BCUT2D eigenvalue weighted by molar-refractivity contribution is 7.16. The molecule has 9 nitrogen and oxygen atoms in total. The number of hydrogen-bond donors (Lipinski definition) is 2. The molecular formula is C17H17ClN6O3S2. The lowest BCUT2D eigenvalue weighted by Crippen LogP contribution is -2.30. The van der Waals surface area contributed by atoms with E-state index >= 15 is 0 Å². The summed E-state index contributed by atoms with van der Waals surface area (Å²) in [6, 6.07) is 3.26. The van der Waals surface area contributed by atoms with E-state index in [1.807, 2.05) is 6.07 Å². The number of halogens is 1. The summed E-state index contributed by atoms with van der Waals surface area (Å²) in [6.07, 6.45) is 2.39. The summed E-state index contributed by atoms with van der Waals surface area (Å²) in [5.41, 5.74) is 1.14. The molecule has 12 heteroatoms. The Hall–Kier alpha value is -2.76. The summed E-state index contributed by atoms with van der Waals surface area (Å²) < 4.78 is 5.90. The number of rotatable bonds is 6. The first-order valence-electron chi connectivity index (χ1n) is 8.34. The average molecular weight is 453 g/mol. The van der Waals surface area contributed by atoms with Crippen LogP contribution in [0.1, 0.15) is 16.3 Å². The Morgan fingerprint density at radius 1 is 1.28 bits per heavy atom. The molecule has 3 amide bonds. The van der Waals surface area contributed by atoms with Crippen molar-refractivity contribution in [3.63, 3.8) is 0 Å². The molecule has 0 aliphatic rings. The van der Waals surface area contributed by atoms with Gasteiger partial charge in [-0.15, -0.1) is 22.7 Å². The number of nitrogens with one attached hydrogen (secondary N) is 2. The van der Waals surface area contributed by atoms with Crippen LogP contribution in [0.25, 0.3) is 0 Å². The highest BCUT2D eigenvalue weighted by atomic mass is 35.5. The van der Waals surface area contributed by atoms with E-state index in [0.29, 0.717) is 27.4 Å². The zero-order valence-corrected chi connectivity index (χ0v) is 17.9. The van der Waals surface area contributed by atoms with Gasteiger partial charge in [0.2, 0.25) is 5.88 Å². The third kappa shape index (κ3) is 6.11. The molecule has 0 saturated heterocycles. The van der Waals surface area contributed by atoms with Crippen molar-refractivity contribution in [2.45, 2.75) is 20.0 Å². The number of amides is 3. The van der Waals surface area contributed by atoms with Gasteiger partial charge in [0.15, 0.2) is 5.13 Å². The number of anilines is 1. The van der Waals surface area contributed by atoms with Gasteiger partial charge in [-0.2, -0.15) is 0 Å². The third-order valence-corrected chi connectivity index (χ3v) is 5.59. The molecule has 0 spiro atoms. The van der Waals surface area contributed by atoms with Gasteiger partial charge in [-0.25, -0.2) is 19.6 Å². The number of ether oxygens (including phenoxy) is 1. The predicted molar refractivity (Wildman–Crippen MR) is 112 cm³/mol. The number of hydrogen-bond acceptors (Lipinski definition) is 8. The number of carbonyl (C=O) groups is 2. The molecule has 3 aromatic rings. The zero-order chi connectivity index (χ0) is 20.8. The van der Waals surface area contributed by atoms with Gasteiger partial charge >= 0.3 is 12.1 Å². The van der Waals surface area contributed by atoms with Crippen molar-refractivity contribution in [2.24, 2.45) is 0 Å². The molecule has 3 aromatic heterocycles. The zero-order valence-electron chi connectivity index (χ0n) is 15.5. The lowest BCUT2D eigenvalue weighted by Gasteiger charge is -2.15. The van der Waals surface area contributed by atoms with E-state index in [2.05, 4.69) is 25.6 Å². The monoisotopic (exact) mass is 452 g/mol. The summed E-state index contributed by atoms with van der Waals surface area (Å²) in [5.74, 6) is 0.161. The van der Waals surface area contributed by atoms with Crippen molar-refractivity contribution in [1.29, 1.82) is 0 Å². The Kier molecular flexibility index (Phi) is 6.96. The molecular weight excluding hydrogens is 436 g/mol. The van der Waals surface area contributed by atoms with E-state index < -0.39 is 6.09 Å². The number of thiazole rings is 1. The van der Waals surface area contributed by atoms with Crippen LogP contribution in [0, 0.1) is 6.92 Å². The molecule has 3 rings (SSSR count). The Morgan fingerprint density at radius 2 is 2.07 bits per heavy atom. The van der Waals surface area contributed by atoms with Gasteiger partial charge in [0.25, 0.3) is 0 Å². The maximum atomic E-state index is 12.2. The fourth-order valence-electron chi connectivity index (χ4n) is 2.16. The molecule has 0 radical (unpaired) electrons. The molecule has 152 valence electrons. The van der Waals surface area contributed by atoms with Crippen LogP contribution in [-0.2, 0) is 13.1 Å². The summed E-state index contributed by atoms with van der Waals surface area (Å²) in [7, 11) is 1.58. The molecule has 0 unspecified atom stereocenters. The Morgan fingerprint density at radius 3 is 2.79 bits per heavy atom. The normalized spacial score (nSPS) is 10.4. The van der Waals surface area contributed by atoms with Crippen LogP contribution in [0.4, 0.5) is 14.7 Å². The van der Waals surface area contributed by atoms with Crippen molar-refractivity contribution >= 4 is 51.5 Å². The Bertz CT molecular complexity index is 1010. The highest BCUT2D eigenvalue weighted by Gasteiger charge is 2.16. The molecule has 0 aliphatic carbocycles. The molecule has 0 aromatic carbocycles. The second-order valence-corrected chi connectivity index (χ2v) is 8.49. The number of aromatic nitrogens is 3. The van der Waals surface area contributed by atoms with E-state index in [-0.39, 0.29) is 18.5 Å². The fraction of sp³-hybridized carbons (Fsp3) is 0.235. The lowest BCUT2D eigenvalue weighted by molar-refractivity contribution is 0.158. The van der Waals surface area contributed by atoms with Gasteiger partial charge in [0.1, 0.15) is 0 Å². The third-order valence-electron chi connectivity index (χ3n) is 3.56. The number of urea groups is 1. The molecule has 2 N–H and O–H groups in total. The average Bonchev–Trinajstić information content (AvgIpc) is 3.30. The molecule has 3 heterocycles. The fourth-order valence-corrected chi connectivity index (χ4v) is 3.88. The van der Waals surface area contributed by atoms with Crippen LogP contribution >= 0.6 is 34.3 Å². The van der Waals surface area contributed by atoms with Crippen molar-refractivity contribution < 1.29 is 14.3 Å². The van der Waals surface area contributed by atoms with Crippen LogP contribution in [0.15, 0.2) is 29.9 Å². The summed E-state index contributed by atoms with van der Waals surface area (Å²) in [4.78, 5) is 38.8. The van der Waals surface area contributed by atoms with Crippen molar-refractivity contribution in [3.8, 4) is 5.88 Å². The minimum Gasteiger partial charge on any atom is -0.389 e. The molecule has 0 bridgehead atoms. The quantitative estimate of drug-likeness (QED) is 0.586. The maximum absolute atomic E-state index is 12.2. The minimum atomic E-state index is -0.580. The van der Waals surface area contributed by atoms with Gasteiger partial charge in [0.05, 0.1) is 28.8 Å². The smallest absolute Gasteiger partial charge is 0.389 e. The van der Waals surface area contributed by atoms with E-state index in [1.165, 1.54) is 40.0 Å². The van der Waals surface area contributed by atoms with Gasteiger partial charge < -0.3 is 15.0 Å². The van der Waals surface area contributed by atoms with Gasteiger partial charge in [-0.1, -0.05) is 11.6 Å². The van der Waals surface area contributed by atoms with Gasteiger partial charge in [-0.05, 0) is 19.1 Å². The predicted octanol–water partition coefficient (Wildman–Crippen LogP) is 3.91. The molecule has 0 saturated carbocycles. The summed E-state index contributed by atoms with van der Waals surface area (Å²) in [5, 5.41) is 7.58. The maximum Gasteiger partial charge on any atom is 0.416 e. The van der Waals surface area contributed by atoms with Crippen LogP contribution < -0.4 is 15.4 Å². The second kappa shape index (κ2) is 9.63. The van der Waals surface area contributed by atoms with E-state index in [0.717, 1.165) is 4.88 Å². The molecule has 0 aliphatic heterocycles. The number of nitrogens with zero attached hydrogens (tertiary/aromatic N) is 4. The number of carbonyl (C=O) groups excluding carboxylic acids is 2. The van der Waals surface area contributed by atoms with E-state index in [4.69, 9.17) is 16.3 Å². The van der Waals surface area contributed by atoms with E-state index in [1.54, 1.807) is 25.4 Å². The van der Waals surface area contributed by atoms with Gasteiger partial charge in [-0.3, -0.25) is 10.3 Å². The van der Waals surface area contributed by atoms with E-state index in [9.17, 15) is 9.59 Å².